The molecule has 1 aromatic carbocycles. The van der Waals surface area contributed by atoms with Gasteiger partial charge in [-0.25, -0.2) is 9.37 Å². The summed E-state index contributed by atoms with van der Waals surface area (Å²) in [6.45, 7) is 0.180. The van der Waals surface area contributed by atoms with E-state index in [-0.39, 0.29) is 24.7 Å². The molecule has 1 heterocycles. The van der Waals surface area contributed by atoms with Crippen molar-refractivity contribution in [3.05, 3.63) is 51.7 Å². The van der Waals surface area contributed by atoms with Gasteiger partial charge in [-0.15, -0.1) is 22.9 Å². The SMILES string of the molecule is O=C(Cc1nc(CCl)cs1)NCc1ccccc1F. The first kappa shape index (κ1) is 14.0. The highest BCUT2D eigenvalue weighted by Gasteiger charge is 2.08. The Hall–Kier alpha value is -1.46. The first-order valence-electron chi connectivity index (χ1n) is 5.68. The second-order valence-electron chi connectivity index (χ2n) is 3.91. The monoisotopic (exact) mass is 298 g/mol. The third kappa shape index (κ3) is 4.01. The third-order valence-electron chi connectivity index (χ3n) is 2.48. The zero-order valence-corrected chi connectivity index (χ0v) is 11.6. The van der Waals surface area contributed by atoms with Gasteiger partial charge in [-0.05, 0) is 6.07 Å². The minimum atomic E-state index is -0.318. The first-order valence-corrected chi connectivity index (χ1v) is 7.10. The molecule has 0 spiro atoms. The lowest BCUT2D eigenvalue weighted by atomic mass is 10.2. The van der Waals surface area contributed by atoms with Crippen LogP contribution in [0.2, 0.25) is 0 Å². The van der Waals surface area contributed by atoms with Gasteiger partial charge in [-0.1, -0.05) is 18.2 Å². The summed E-state index contributed by atoms with van der Waals surface area (Å²) < 4.78 is 13.3. The van der Waals surface area contributed by atoms with E-state index < -0.39 is 0 Å². The Kier molecular flexibility index (Phi) is 4.87. The van der Waals surface area contributed by atoms with Crippen LogP contribution in [0.15, 0.2) is 29.6 Å². The molecule has 0 aliphatic carbocycles. The van der Waals surface area contributed by atoms with Crippen LogP contribution in [0.4, 0.5) is 4.39 Å². The Balaban J connectivity index is 1.86. The number of hydrogen-bond acceptors (Lipinski definition) is 3. The summed E-state index contributed by atoms with van der Waals surface area (Å²) in [5.74, 6) is -0.159. The largest absolute Gasteiger partial charge is 0.352 e. The number of benzene rings is 1. The van der Waals surface area contributed by atoms with E-state index in [1.807, 2.05) is 5.38 Å². The van der Waals surface area contributed by atoms with Crippen LogP contribution in [0, 0.1) is 5.82 Å². The van der Waals surface area contributed by atoms with Gasteiger partial charge in [-0.2, -0.15) is 0 Å². The first-order chi connectivity index (χ1) is 9.19. The van der Waals surface area contributed by atoms with Crippen LogP contribution in [0.3, 0.4) is 0 Å². The van der Waals surface area contributed by atoms with E-state index >= 15 is 0 Å². The summed E-state index contributed by atoms with van der Waals surface area (Å²) >= 11 is 7.03. The maximum absolute atomic E-state index is 13.3. The van der Waals surface area contributed by atoms with Crippen LogP contribution in [-0.2, 0) is 23.6 Å². The quantitative estimate of drug-likeness (QED) is 0.863. The molecule has 0 fully saturated rings. The molecule has 2 rings (SSSR count). The number of halogens is 2. The van der Waals surface area contributed by atoms with E-state index in [4.69, 9.17) is 11.6 Å². The fourth-order valence-electron chi connectivity index (χ4n) is 1.53. The summed E-state index contributed by atoms with van der Waals surface area (Å²) in [5.41, 5.74) is 1.24. The number of nitrogens with one attached hydrogen (secondary N) is 1. The van der Waals surface area contributed by atoms with Gasteiger partial charge in [0.15, 0.2) is 0 Å². The van der Waals surface area contributed by atoms with Crippen molar-refractivity contribution in [2.24, 2.45) is 0 Å². The summed E-state index contributed by atoms with van der Waals surface area (Å²) in [6.07, 6.45) is 0.190. The highest BCUT2D eigenvalue weighted by Crippen LogP contribution is 2.12. The summed E-state index contributed by atoms with van der Waals surface area (Å²) in [7, 11) is 0. The Morgan fingerprint density at radius 1 is 1.42 bits per heavy atom. The number of thiazole rings is 1. The zero-order chi connectivity index (χ0) is 13.7. The van der Waals surface area contributed by atoms with E-state index in [1.165, 1.54) is 17.4 Å². The maximum atomic E-state index is 13.3. The second kappa shape index (κ2) is 6.63. The number of aromatic nitrogens is 1. The summed E-state index contributed by atoms with van der Waals surface area (Å²) in [5, 5.41) is 5.21. The van der Waals surface area contributed by atoms with Gasteiger partial charge in [0.25, 0.3) is 0 Å². The van der Waals surface area contributed by atoms with E-state index in [1.54, 1.807) is 18.2 Å². The number of nitrogens with zero attached hydrogens (tertiary/aromatic N) is 1. The Morgan fingerprint density at radius 3 is 2.89 bits per heavy atom. The fraction of sp³-hybridized carbons (Fsp3) is 0.231. The minimum Gasteiger partial charge on any atom is -0.352 e. The lowest BCUT2D eigenvalue weighted by molar-refractivity contribution is -0.120. The average Bonchev–Trinajstić information content (AvgIpc) is 2.85. The molecule has 0 aliphatic heterocycles. The second-order valence-corrected chi connectivity index (χ2v) is 5.12. The highest BCUT2D eigenvalue weighted by atomic mass is 35.5. The van der Waals surface area contributed by atoms with Crippen molar-refractivity contribution in [2.45, 2.75) is 18.8 Å². The summed E-state index contributed by atoms with van der Waals surface area (Å²) in [6, 6.07) is 6.36. The molecular weight excluding hydrogens is 287 g/mol. The van der Waals surface area contributed by atoms with Crippen molar-refractivity contribution in [1.29, 1.82) is 0 Å². The van der Waals surface area contributed by atoms with Crippen LogP contribution >= 0.6 is 22.9 Å². The van der Waals surface area contributed by atoms with Crippen LogP contribution in [0.5, 0.6) is 0 Å². The Morgan fingerprint density at radius 2 is 2.21 bits per heavy atom. The molecule has 0 saturated carbocycles. The van der Waals surface area contributed by atoms with E-state index in [0.717, 1.165) is 5.69 Å². The lowest BCUT2D eigenvalue weighted by Gasteiger charge is -2.05. The number of carbonyl (C=O) groups excluding carboxylic acids is 1. The van der Waals surface area contributed by atoms with Gasteiger partial charge in [0, 0.05) is 17.5 Å². The van der Waals surface area contributed by atoms with Crippen molar-refractivity contribution in [3.63, 3.8) is 0 Å². The molecule has 0 radical (unpaired) electrons. The van der Waals surface area contributed by atoms with Gasteiger partial charge in [0.1, 0.15) is 10.8 Å². The predicted octanol–water partition coefficient (Wildman–Crippen LogP) is 2.88. The van der Waals surface area contributed by atoms with Crippen LogP contribution in [0.25, 0.3) is 0 Å². The van der Waals surface area contributed by atoms with Crippen molar-refractivity contribution in [3.8, 4) is 0 Å². The molecule has 1 N–H and O–H groups in total. The Labute approximate surface area is 119 Å². The summed E-state index contributed by atoms with van der Waals surface area (Å²) in [4.78, 5) is 15.9. The minimum absolute atomic E-state index is 0.180. The van der Waals surface area contributed by atoms with E-state index in [2.05, 4.69) is 10.3 Å². The van der Waals surface area contributed by atoms with E-state index in [9.17, 15) is 9.18 Å². The molecule has 100 valence electrons. The van der Waals surface area contributed by atoms with Crippen LogP contribution < -0.4 is 5.32 Å². The van der Waals surface area contributed by atoms with E-state index in [0.29, 0.717) is 16.5 Å². The number of rotatable bonds is 5. The zero-order valence-electron chi connectivity index (χ0n) is 10.0. The predicted molar refractivity (Wildman–Crippen MR) is 73.6 cm³/mol. The molecule has 2 aromatic rings. The van der Waals surface area contributed by atoms with Gasteiger partial charge in [0.2, 0.25) is 5.91 Å². The Bertz CT molecular complexity index is 573. The number of alkyl halides is 1. The molecule has 19 heavy (non-hydrogen) atoms. The molecule has 0 saturated heterocycles. The number of carbonyl (C=O) groups is 1. The molecule has 0 aliphatic rings. The molecule has 0 atom stereocenters. The van der Waals surface area contributed by atoms with Gasteiger partial charge in [-0.3, -0.25) is 4.79 Å². The smallest absolute Gasteiger partial charge is 0.227 e. The third-order valence-corrected chi connectivity index (χ3v) is 3.65. The van der Waals surface area contributed by atoms with Crippen molar-refractivity contribution in [2.75, 3.05) is 0 Å². The molecule has 3 nitrogen and oxygen atoms in total. The fourth-order valence-corrected chi connectivity index (χ4v) is 2.55. The number of amides is 1. The van der Waals surface area contributed by atoms with Crippen LogP contribution in [0.1, 0.15) is 16.3 Å². The van der Waals surface area contributed by atoms with Crippen molar-refractivity contribution >= 4 is 28.8 Å². The molecule has 0 bridgehead atoms. The molecule has 1 aromatic heterocycles. The normalized spacial score (nSPS) is 10.4. The number of hydrogen-bond donors (Lipinski definition) is 1. The van der Waals surface area contributed by atoms with Gasteiger partial charge >= 0.3 is 0 Å². The molecule has 6 heteroatoms. The average molecular weight is 299 g/mol. The topological polar surface area (TPSA) is 42.0 Å². The van der Waals surface area contributed by atoms with Crippen LogP contribution in [-0.4, -0.2) is 10.9 Å². The molecular formula is C13H12ClFN2OS. The van der Waals surface area contributed by atoms with Crippen molar-refractivity contribution in [1.82, 2.24) is 10.3 Å². The van der Waals surface area contributed by atoms with Gasteiger partial charge in [0.05, 0.1) is 18.0 Å². The van der Waals surface area contributed by atoms with Gasteiger partial charge < -0.3 is 5.32 Å². The lowest BCUT2D eigenvalue weighted by Crippen LogP contribution is -2.24. The molecule has 1 amide bonds. The highest BCUT2D eigenvalue weighted by molar-refractivity contribution is 7.09. The van der Waals surface area contributed by atoms with Crippen molar-refractivity contribution < 1.29 is 9.18 Å². The molecule has 0 unspecified atom stereocenters. The maximum Gasteiger partial charge on any atom is 0.227 e. The standard InChI is InChI=1S/C13H12ClFN2OS/c14-6-10-8-19-13(17-10)5-12(18)16-7-9-3-1-2-4-11(9)15/h1-4,8H,5-7H2,(H,16,18).